The second-order valence-electron chi connectivity index (χ2n) is 4.00. The smallest absolute Gasteiger partial charge is 0.343 e. The summed E-state index contributed by atoms with van der Waals surface area (Å²) < 4.78 is 5.04. The average Bonchev–Trinajstić information content (AvgIpc) is 2.77. The van der Waals surface area contributed by atoms with Gasteiger partial charge < -0.3 is 20.7 Å². The minimum absolute atomic E-state index is 0.190. The second-order valence-corrected chi connectivity index (χ2v) is 5.00. The fraction of sp³-hybridized carbons (Fsp3) is 0.538. The molecule has 0 radical (unpaired) electrons. The molecule has 0 saturated heterocycles. The van der Waals surface area contributed by atoms with Gasteiger partial charge in [-0.05, 0) is 20.8 Å². The SMILES string of the molecule is CCOC(=O)c1c(N(CC)CC)sc(C(=O)NC)c1N. The molecule has 1 amide bonds. The highest BCUT2D eigenvalue weighted by Crippen LogP contribution is 2.38. The molecule has 1 aromatic heterocycles. The van der Waals surface area contributed by atoms with E-state index in [4.69, 9.17) is 10.5 Å². The standard InChI is InChI=1S/C13H21N3O3S/c1-5-16(6-2)12-8(13(18)19-7-3)9(14)10(20-12)11(17)15-4/h5-7,14H2,1-4H3,(H,15,17). The molecule has 0 aromatic carbocycles. The zero-order valence-corrected chi connectivity index (χ0v) is 13.1. The minimum Gasteiger partial charge on any atom is -0.462 e. The molecular weight excluding hydrogens is 278 g/mol. The number of hydrogen-bond donors (Lipinski definition) is 2. The zero-order valence-electron chi connectivity index (χ0n) is 12.3. The van der Waals surface area contributed by atoms with Crippen LogP contribution in [0.4, 0.5) is 10.7 Å². The van der Waals surface area contributed by atoms with Gasteiger partial charge in [-0.15, -0.1) is 11.3 Å². The normalized spacial score (nSPS) is 10.2. The first-order valence-corrected chi connectivity index (χ1v) is 7.39. The van der Waals surface area contributed by atoms with E-state index >= 15 is 0 Å². The highest BCUT2D eigenvalue weighted by atomic mass is 32.1. The summed E-state index contributed by atoms with van der Waals surface area (Å²) in [5, 5.41) is 3.21. The van der Waals surface area contributed by atoms with Gasteiger partial charge in [0, 0.05) is 20.1 Å². The molecule has 3 N–H and O–H groups in total. The van der Waals surface area contributed by atoms with Crippen LogP contribution in [0.2, 0.25) is 0 Å². The number of hydrogen-bond acceptors (Lipinski definition) is 6. The summed E-state index contributed by atoms with van der Waals surface area (Å²) in [5.74, 6) is -0.783. The van der Waals surface area contributed by atoms with Crippen molar-refractivity contribution in [3.8, 4) is 0 Å². The van der Waals surface area contributed by atoms with Crippen molar-refractivity contribution in [1.82, 2.24) is 5.32 Å². The Morgan fingerprint density at radius 3 is 2.35 bits per heavy atom. The van der Waals surface area contributed by atoms with Gasteiger partial charge >= 0.3 is 5.97 Å². The van der Waals surface area contributed by atoms with Crippen LogP contribution in [0.1, 0.15) is 40.8 Å². The Balaban J connectivity index is 3.39. The van der Waals surface area contributed by atoms with E-state index in [1.807, 2.05) is 18.7 Å². The molecule has 0 aliphatic carbocycles. The van der Waals surface area contributed by atoms with Crippen LogP contribution < -0.4 is 16.0 Å². The Hall–Kier alpha value is -1.76. The number of amides is 1. The van der Waals surface area contributed by atoms with E-state index in [9.17, 15) is 9.59 Å². The third kappa shape index (κ3) is 3.04. The maximum absolute atomic E-state index is 12.1. The lowest BCUT2D eigenvalue weighted by atomic mass is 10.2. The largest absolute Gasteiger partial charge is 0.462 e. The zero-order chi connectivity index (χ0) is 15.3. The molecule has 6 nitrogen and oxygen atoms in total. The molecule has 1 heterocycles. The van der Waals surface area contributed by atoms with E-state index in [0.29, 0.717) is 15.4 Å². The Labute approximate surface area is 122 Å². The van der Waals surface area contributed by atoms with Crippen LogP contribution in [0, 0.1) is 0 Å². The Morgan fingerprint density at radius 2 is 1.90 bits per heavy atom. The van der Waals surface area contributed by atoms with Gasteiger partial charge in [-0.2, -0.15) is 0 Å². The summed E-state index contributed by atoms with van der Waals surface area (Å²) in [6.07, 6.45) is 0. The monoisotopic (exact) mass is 299 g/mol. The third-order valence-electron chi connectivity index (χ3n) is 2.89. The molecule has 0 bridgehead atoms. The lowest BCUT2D eigenvalue weighted by Gasteiger charge is -2.20. The van der Waals surface area contributed by atoms with E-state index in [0.717, 1.165) is 13.1 Å². The van der Waals surface area contributed by atoms with Crippen LogP contribution in [0.3, 0.4) is 0 Å². The molecule has 0 aliphatic heterocycles. The van der Waals surface area contributed by atoms with E-state index in [2.05, 4.69) is 5.32 Å². The number of carbonyl (C=O) groups excluding carboxylic acids is 2. The fourth-order valence-corrected chi connectivity index (χ4v) is 3.13. The van der Waals surface area contributed by atoms with Gasteiger partial charge in [-0.3, -0.25) is 4.79 Å². The molecule has 0 unspecified atom stereocenters. The van der Waals surface area contributed by atoms with Crippen LogP contribution in [-0.4, -0.2) is 38.6 Å². The first-order chi connectivity index (χ1) is 9.51. The van der Waals surface area contributed by atoms with Crippen molar-refractivity contribution in [1.29, 1.82) is 0 Å². The Kier molecular flexibility index (Phi) is 5.82. The molecule has 0 saturated carbocycles. The summed E-state index contributed by atoms with van der Waals surface area (Å²) in [6.45, 7) is 7.40. The van der Waals surface area contributed by atoms with E-state index in [-0.39, 0.29) is 18.2 Å². The molecule has 20 heavy (non-hydrogen) atoms. The van der Waals surface area contributed by atoms with Crippen LogP contribution in [0.15, 0.2) is 0 Å². The molecule has 0 atom stereocenters. The number of esters is 1. The molecule has 1 aromatic rings. The lowest BCUT2D eigenvalue weighted by molar-refractivity contribution is 0.0529. The molecular formula is C13H21N3O3S. The van der Waals surface area contributed by atoms with E-state index in [1.165, 1.54) is 18.4 Å². The van der Waals surface area contributed by atoms with Crippen molar-refractivity contribution in [3.05, 3.63) is 10.4 Å². The lowest BCUT2D eigenvalue weighted by Crippen LogP contribution is -2.23. The van der Waals surface area contributed by atoms with Gasteiger partial charge in [0.25, 0.3) is 5.91 Å². The first kappa shape index (κ1) is 16.3. The van der Waals surface area contributed by atoms with Gasteiger partial charge in [0.2, 0.25) is 0 Å². The number of nitrogen functional groups attached to an aromatic ring is 1. The molecule has 112 valence electrons. The number of nitrogens with one attached hydrogen (secondary N) is 1. The van der Waals surface area contributed by atoms with E-state index < -0.39 is 5.97 Å². The van der Waals surface area contributed by atoms with Crippen molar-refractivity contribution in [2.45, 2.75) is 20.8 Å². The van der Waals surface area contributed by atoms with Crippen molar-refractivity contribution < 1.29 is 14.3 Å². The maximum Gasteiger partial charge on any atom is 0.343 e. The highest BCUT2D eigenvalue weighted by Gasteiger charge is 2.28. The quantitative estimate of drug-likeness (QED) is 0.781. The summed E-state index contributed by atoms with van der Waals surface area (Å²) in [5.41, 5.74) is 6.46. The van der Waals surface area contributed by atoms with Crippen LogP contribution in [-0.2, 0) is 4.74 Å². The number of nitrogens with zero attached hydrogens (tertiary/aromatic N) is 1. The Morgan fingerprint density at radius 1 is 1.30 bits per heavy atom. The summed E-state index contributed by atoms with van der Waals surface area (Å²) in [4.78, 5) is 26.3. The van der Waals surface area contributed by atoms with Gasteiger partial charge in [-0.1, -0.05) is 0 Å². The highest BCUT2D eigenvalue weighted by molar-refractivity contribution is 7.19. The number of rotatable bonds is 6. The van der Waals surface area contributed by atoms with Gasteiger partial charge in [0.05, 0.1) is 12.3 Å². The fourth-order valence-electron chi connectivity index (χ4n) is 1.85. The molecule has 0 aliphatic rings. The third-order valence-corrected chi connectivity index (χ3v) is 4.16. The predicted octanol–water partition coefficient (Wildman–Crippen LogP) is 1.71. The summed E-state index contributed by atoms with van der Waals surface area (Å²) >= 11 is 1.22. The molecule has 0 spiro atoms. The predicted molar refractivity (Wildman–Crippen MR) is 81.6 cm³/mol. The number of nitrogens with two attached hydrogens (primary N) is 1. The van der Waals surface area contributed by atoms with Crippen molar-refractivity contribution in [2.75, 3.05) is 37.4 Å². The van der Waals surface area contributed by atoms with Gasteiger partial charge in [0.15, 0.2) is 0 Å². The molecule has 7 heteroatoms. The van der Waals surface area contributed by atoms with Gasteiger partial charge in [-0.25, -0.2) is 4.79 Å². The Bertz CT molecular complexity index is 495. The van der Waals surface area contributed by atoms with Gasteiger partial charge in [0.1, 0.15) is 15.4 Å². The average molecular weight is 299 g/mol. The van der Waals surface area contributed by atoms with Crippen molar-refractivity contribution in [3.63, 3.8) is 0 Å². The molecule has 0 fully saturated rings. The molecule has 1 rings (SSSR count). The van der Waals surface area contributed by atoms with Crippen LogP contribution in [0.25, 0.3) is 0 Å². The minimum atomic E-state index is -0.488. The van der Waals surface area contributed by atoms with Crippen molar-refractivity contribution in [2.24, 2.45) is 0 Å². The topological polar surface area (TPSA) is 84.7 Å². The summed E-state index contributed by atoms with van der Waals surface area (Å²) in [6, 6.07) is 0. The van der Waals surface area contributed by atoms with E-state index in [1.54, 1.807) is 6.92 Å². The van der Waals surface area contributed by atoms with Crippen molar-refractivity contribution >= 4 is 33.9 Å². The number of thiophene rings is 1. The number of anilines is 2. The second kappa shape index (κ2) is 7.14. The van der Waals surface area contributed by atoms with Crippen LogP contribution >= 0.6 is 11.3 Å². The number of ether oxygens (including phenoxy) is 1. The summed E-state index contributed by atoms with van der Waals surface area (Å²) in [7, 11) is 1.53. The first-order valence-electron chi connectivity index (χ1n) is 6.58. The number of carbonyl (C=O) groups is 2. The maximum atomic E-state index is 12.1. The van der Waals surface area contributed by atoms with Crippen LogP contribution in [0.5, 0.6) is 0 Å².